The zero-order valence-electron chi connectivity index (χ0n) is 14.7. The van der Waals surface area contributed by atoms with Crippen LogP contribution < -0.4 is 4.90 Å². The first kappa shape index (κ1) is 17.9. The highest BCUT2D eigenvalue weighted by Crippen LogP contribution is 2.23. The number of aryl methyl sites for hydroxylation is 1. The number of thioether (sulfide) groups is 1. The molecule has 0 aliphatic carbocycles. The van der Waals surface area contributed by atoms with E-state index in [9.17, 15) is 4.79 Å². The molecule has 0 spiro atoms. The quantitative estimate of drug-likeness (QED) is 0.587. The number of hydrogen-bond donors (Lipinski definition) is 0. The Bertz CT molecular complexity index is 888. The summed E-state index contributed by atoms with van der Waals surface area (Å²) in [7, 11) is 1.76. The van der Waals surface area contributed by atoms with Crippen LogP contribution in [0.1, 0.15) is 0 Å². The third-order valence-corrected chi connectivity index (χ3v) is 6.17. The monoisotopic (exact) mass is 402 g/mol. The summed E-state index contributed by atoms with van der Waals surface area (Å²) in [5.41, 5.74) is 0.887. The van der Waals surface area contributed by atoms with Crippen molar-refractivity contribution < 1.29 is 4.79 Å². The molecule has 3 aromatic heterocycles. The normalized spacial score (nSPS) is 14.6. The number of anilines is 1. The molecule has 1 saturated heterocycles. The van der Waals surface area contributed by atoms with Gasteiger partial charge in [-0.05, 0) is 34.0 Å². The second-order valence-electron chi connectivity index (χ2n) is 6.00. The molecule has 140 valence electrons. The molecule has 1 amide bonds. The zero-order valence-corrected chi connectivity index (χ0v) is 16.4. The van der Waals surface area contributed by atoms with Gasteiger partial charge in [0.05, 0.1) is 10.6 Å². The maximum atomic E-state index is 12.4. The van der Waals surface area contributed by atoms with Crippen molar-refractivity contribution in [2.45, 2.75) is 5.16 Å². The molecule has 0 atom stereocenters. The van der Waals surface area contributed by atoms with Crippen molar-refractivity contribution in [3.05, 3.63) is 29.6 Å². The zero-order chi connectivity index (χ0) is 18.6. The highest BCUT2D eigenvalue weighted by Gasteiger charge is 2.22. The third-order valence-electron chi connectivity index (χ3n) is 4.29. The van der Waals surface area contributed by atoms with Crippen LogP contribution in [0.2, 0.25) is 0 Å². The lowest BCUT2D eigenvalue weighted by molar-refractivity contribution is -0.128. The molecule has 9 nitrogen and oxygen atoms in total. The number of carbonyl (C=O) groups excluding carboxylic acids is 1. The van der Waals surface area contributed by atoms with Gasteiger partial charge in [0.2, 0.25) is 11.1 Å². The van der Waals surface area contributed by atoms with Crippen molar-refractivity contribution in [1.82, 2.24) is 35.3 Å². The Hall–Kier alpha value is -2.53. The van der Waals surface area contributed by atoms with Gasteiger partial charge in [-0.2, -0.15) is 0 Å². The van der Waals surface area contributed by atoms with Gasteiger partial charge in [-0.15, -0.1) is 26.6 Å². The fraction of sp³-hybridized carbons (Fsp3) is 0.375. The van der Waals surface area contributed by atoms with Crippen molar-refractivity contribution in [1.29, 1.82) is 0 Å². The third kappa shape index (κ3) is 4.08. The minimum absolute atomic E-state index is 0.0989. The molecule has 0 aromatic carbocycles. The molecule has 0 N–H and O–H groups in total. The molecule has 0 unspecified atom stereocenters. The molecule has 4 rings (SSSR count). The highest BCUT2D eigenvalue weighted by molar-refractivity contribution is 7.99. The lowest BCUT2D eigenvalue weighted by atomic mass is 10.3. The first-order valence-electron chi connectivity index (χ1n) is 8.46. The second-order valence-corrected chi connectivity index (χ2v) is 7.89. The van der Waals surface area contributed by atoms with E-state index >= 15 is 0 Å². The van der Waals surface area contributed by atoms with Crippen LogP contribution in [0.5, 0.6) is 0 Å². The molecule has 0 bridgehead atoms. The summed E-state index contributed by atoms with van der Waals surface area (Å²) in [4.78, 5) is 17.6. The predicted molar refractivity (Wildman–Crippen MR) is 104 cm³/mol. The van der Waals surface area contributed by atoms with Crippen LogP contribution in [0.3, 0.4) is 0 Å². The Morgan fingerprint density at radius 2 is 2.00 bits per heavy atom. The summed E-state index contributed by atoms with van der Waals surface area (Å²) in [6.07, 6.45) is 0. The fourth-order valence-corrected chi connectivity index (χ4v) is 4.24. The number of nitrogens with zero attached hydrogens (tertiary/aromatic N) is 8. The molecule has 1 fully saturated rings. The molecule has 1 aliphatic heterocycles. The van der Waals surface area contributed by atoms with Gasteiger partial charge in [0.15, 0.2) is 5.82 Å². The number of piperazine rings is 1. The molecule has 4 heterocycles. The summed E-state index contributed by atoms with van der Waals surface area (Å²) in [5, 5.41) is 22.6. The largest absolute Gasteiger partial charge is 0.352 e. The van der Waals surface area contributed by atoms with Crippen molar-refractivity contribution >= 4 is 34.8 Å². The van der Waals surface area contributed by atoms with E-state index in [4.69, 9.17) is 0 Å². The van der Waals surface area contributed by atoms with Crippen LogP contribution in [-0.4, -0.2) is 73.1 Å². The molecule has 1 aliphatic rings. The van der Waals surface area contributed by atoms with Crippen molar-refractivity contribution in [3.63, 3.8) is 0 Å². The van der Waals surface area contributed by atoms with Gasteiger partial charge < -0.3 is 9.80 Å². The number of hydrogen-bond acceptors (Lipinski definition) is 9. The van der Waals surface area contributed by atoms with E-state index in [0.717, 1.165) is 29.5 Å². The summed E-state index contributed by atoms with van der Waals surface area (Å²) < 4.78 is 1.56. The predicted octanol–water partition coefficient (Wildman–Crippen LogP) is 1.17. The molecule has 0 saturated carbocycles. The number of carbonyl (C=O) groups is 1. The maximum absolute atomic E-state index is 12.4. The Morgan fingerprint density at radius 1 is 1.15 bits per heavy atom. The number of thiophene rings is 1. The standard InChI is InChI=1S/C16H18N8OS2/c1-22-16(19-20-21-22)27-11-15(25)24-8-6-23(7-9-24)14-5-4-12(17-18-14)13-3-2-10-26-13/h2-5,10H,6-9,11H2,1H3. The van der Waals surface area contributed by atoms with E-state index in [1.54, 1.807) is 23.1 Å². The second kappa shape index (κ2) is 8.01. The molecular weight excluding hydrogens is 384 g/mol. The van der Waals surface area contributed by atoms with Crippen LogP contribution in [0.4, 0.5) is 5.82 Å². The summed E-state index contributed by atoms with van der Waals surface area (Å²) >= 11 is 3.00. The lowest BCUT2D eigenvalue weighted by Gasteiger charge is -2.35. The van der Waals surface area contributed by atoms with E-state index < -0.39 is 0 Å². The minimum atomic E-state index is 0.0989. The van der Waals surface area contributed by atoms with Crippen LogP contribution in [0.25, 0.3) is 10.6 Å². The Morgan fingerprint density at radius 3 is 2.63 bits per heavy atom. The number of rotatable bonds is 5. The Balaban J connectivity index is 1.29. The van der Waals surface area contributed by atoms with E-state index in [-0.39, 0.29) is 5.91 Å². The van der Waals surface area contributed by atoms with Crippen molar-refractivity contribution in [3.8, 4) is 10.6 Å². The van der Waals surface area contributed by atoms with E-state index in [0.29, 0.717) is 24.0 Å². The summed E-state index contributed by atoms with van der Waals surface area (Å²) in [6, 6.07) is 8.03. The topological polar surface area (TPSA) is 92.9 Å². The fourth-order valence-electron chi connectivity index (χ4n) is 2.80. The van der Waals surface area contributed by atoms with Gasteiger partial charge >= 0.3 is 0 Å². The summed E-state index contributed by atoms with van der Waals surface area (Å²) in [5.74, 6) is 1.28. The first-order valence-corrected chi connectivity index (χ1v) is 10.3. The minimum Gasteiger partial charge on any atom is -0.352 e. The van der Waals surface area contributed by atoms with Gasteiger partial charge in [-0.3, -0.25) is 4.79 Å². The lowest BCUT2D eigenvalue weighted by Crippen LogP contribution is -2.49. The van der Waals surface area contributed by atoms with Gasteiger partial charge in [-0.25, -0.2) is 4.68 Å². The average molecular weight is 403 g/mol. The van der Waals surface area contributed by atoms with Crippen LogP contribution in [0, 0.1) is 0 Å². The van der Waals surface area contributed by atoms with Crippen LogP contribution in [-0.2, 0) is 11.8 Å². The molecule has 11 heteroatoms. The Kier molecular flexibility index (Phi) is 5.30. The SMILES string of the molecule is Cn1nnnc1SCC(=O)N1CCN(c2ccc(-c3cccs3)nn2)CC1. The van der Waals surface area contributed by atoms with Crippen molar-refractivity contribution in [2.24, 2.45) is 7.05 Å². The van der Waals surface area contributed by atoms with Gasteiger partial charge in [0.1, 0.15) is 5.69 Å². The maximum Gasteiger partial charge on any atom is 0.233 e. The Labute approximate surface area is 164 Å². The first-order chi connectivity index (χ1) is 13.2. The number of tetrazole rings is 1. The van der Waals surface area contributed by atoms with Crippen molar-refractivity contribution in [2.75, 3.05) is 36.8 Å². The number of aromatic nitrogens is 6. The van der Waals surface area contributed by atoms with E-state index in [1.807, 2.05) is 34.5 Å². The average Bonchev–Trinajstić information content (AvgIpc) is 3.38. The smallest absolute Gasteiger partial charge is 0.233 e. The van der Waals surface area contributed by atoms with Crippen LogP contribution in [0.15, 0.2) is 34.8 Å². The van der Waals surface area contributed by atoms with E-state index in [1.165, 1.54) is 11.8 Å². The van der Waals surface area contributed by atoms with Crippen LogP contribution >= 0.6 is 23.1 Å². The highest BCUT2D eigenvalue weighted by atomic mass is 32.2. The molecule has 27 heavy (non-hydrogen) atoms. The van der Waals surface area contributed by atoms with Gasteiger partial charge in [-0.1, -0.05) is 17.8 Å². The number of amides is 1. The molecule has 0 radical (unpaired) electrons. The van der Waals surface area contributed by atoms with E-state index in [2.05, 4.69) is 30.6 Å². The van der Waals surface area contributed by atoms with Gasteiger partial charge in [0, 0.05) is 33.2 Å². The molecule has 3 aromatic rings. The summed E-state index contributed by atoms with van der Waals surface area (Å²) in [6.45, 7) is 2.83. The molecular formula is C16H18N8OS2. The van der Waals surface area contributed by atoms with Gasteiger partial charge in [0.25, 0.3) is 0 Å².